The molecule has 0 amide bonds. The second-order valence-electron chi connectivity index (χ2n) is 5.98. The molecular weight excluding hydrogens is 336 g/mol. The van der Waals surface area contributed by atoms with Gasteiger partial charge in [0.15, 0.2) is 11.5 Å². The zero-order valence-electron chi connectivity index (χ0n) is 14.7. The molecule has 0 spiro atoms. The van der Waals surface area contributed by atoms with E-state index in [1.807, 2.05) is 18.2 Å². The number of methoxy groups -OCH3 is 1. The fourth-order valence-corrected chi connectivity index (χ4v) is 3.40. The van der Waals surface area contributed by atoms with Crippen molar-refractivity contribution in [1.82, 2.24) is 10.2 Å². The minimum absolute atomic E-state index is 0.575. The summed E-state index contributed by atoms with van der Waals surface area (Å²) in [5, 5.41) is 5.55. The number of nitrogens with one attached hydrogen (secondary N) is 1. The van der Waals surface area contributed by atoms with Gasteiger partial charge in [-0.15, -0.1) is 11.3 Å². The molecule has 1 aromatic heterocycles. The van der Waals surface area contributed by atoms with Crippen LogP contribution >= 0.6 is 11.3 Å². The van der Waals surface area contributed by atoms with Crippen LogP contribution in [-0.2, 0) is 17.9 Å². The van der Waals surface area contributed by atoms with Crippen LogP contribution in [0, 0.1) is 0 Å². The Morgan fingerprint density at radius 2 is 2.08 bits per heavy atom. The van der Waals surface area contributed by atoms with Gasteiger partial charge < -0.3 is 19.5 Å². The van der Waals surface area contributed by atoms with Gasteiger partial charge in [0.25, 0.3) is 0 Å². The summed E-state index contributed by atoms with van der Waals surface area (Å²) < 4.78 is 16.7. The molecule has 136 valence electrons. The Kier molecular flexibility index (Phi) is 7.11. The Hall–Kier alpha value is -1.60. The maximum Gasteiger partial charge on any atom is 0.161 e. The molecular formula is C19H26N2O3S. The highest BCUT2D eigenvalue weighted by atomic mass is 32.1. The first kappa shape index (κ1) is 18.2. The first-order valence-corrected chi connectivity index (χ1v) is 9.56. The molecule has 0 radical (unpaired) electrons. The Labute approximate surface area is 153 Å². The second-order valence-corrected chi connectivity index (χ2v) is 7.02. The van der Waals surface area contributed by atoms with E-state index in [4.69, 9.17) is 14.2 Å². The van der Waals surface area contributed by atoms with Gasteiger partial charge in [0, 0.05) is 37.6 Å². The highest BCUT2D eigenvalue weighted by Crippen LogP contribution is 2.29. The molecule has 0 saturated carbocycles. The molecule has 0 atom stereocenters. The number of benzene rings is 1. The molecule has 1 aromatic carbocycles. The minimum Gasteiger partial charge on any atom is -0.493 e. The number of ether oxygens (including phenoxy) is 3. The van der Waals surface area contributed by atoms with Gasteiger partial charge in [0.1, 0.15) is 6.61 Å². The summed E-state index contributed by atoms with van der Waals surface area (Å²) >= 11 is 1.70. The standard InChI is InChI=1S/C19H26N2O3S/c1-22-19-13-16(14-20-6-7-21-8-10-23-11-9-21)4-5-18(19)24-15-17-3-2-12-25-17/h2-5,12-13,20H,6-11,14-15H2,1H3. The molecule has 3 rings (SSSR count). The Balaban J connectivity index is 1.45. The van der Waals surface area contributed by atoms with Crippen molar-refractivity contribution in [2.45, 2.75) is 13.2 Å². The molecule has 1 aliphatic rings. The van der Waals surface area contributed by atoms with Crippen molar-refractivity contribution in [1.29, 1.82) is 0 Å². The fourth-order valence-electron chi connectivity index (χ4n) is 2.78. The van der Waals surface area contributed by atoms with E-state index in [-0.39, 0.29) is 0 Å². The quantitative estimate of drug-likeness (QED) is 0.695. The molecule has 6 heteroatoms. The molecule has 1 aliphatic heterocycles. The van der Waals surface area contributed by atoms with E-state index in [9.17, 15) is 0 Å². The van der Waals surface area contributed by atoms with Gasteiger partial charge in [-0.25, -0.2) is 0 Å². The number of thiophene rings is 1. The van der Waals surface area contributed by atoms with E-state index in [0.717, 1.165) is 57.4 Å². The lowest BCUT2D eigenvalue weighted by molar-refractivity contribution is 0.0384. The van der Waals surface area contributed by atoms with E-state index in [1.165, 1.54) is 10.4 Å². The van der Waals surface area contributed by atoms with Gasteiger partial charge in [-0.2, -0.15) is 0 Å². The molecule has 25 heavy (non-hydrogen) atoms. The zero-order valence-corrected chi connectivity index (χ0v) is 15.5. The highest BCUT2D eigenvalue weighted by Gasteiger charge is 2.10. The number of nitrogens with zero attached hydrogens (tertiary/aromatic N) is 1. The summed E-state index contributed by atoms with van der Waals surface area (Å²) in [6, 6.07) is 10.2. The van der Waals surface area contributed by atoms with Gasteiger partial charge in [0.05, 0.1) is 20.3 Å². The van der Waals surface area contributed by atoms with Gasteiger partial charge in [-0.1, -0.05) is 12.1 Å². The number of hydrogen-bond donors (Lipinski definition) is 1. The number of morpholine rings is 1. The summed E-state index contributed by atoms with van der Waals surface area (Å²) in [4.78, 5) is 3.63. The van der Waals surface area contributed by atoms with E-state index < -0.39 is 0 Å². The normalized spacial score (nSPS) is 15.2. The van der Waals surface area contributed by atoms with Crippen LogP contribution in [0.1, 0.15) is 10.4 Å². The van der Waals surface area contributed by atoms with Crippen molar-refractivity contribution in [2.24, 2.45) is 0 Å². The third-order valence-electron chi connectivity index (χ3n) is 4.22. The Morgan fingerprint density at radius 3 is 2.84 bits per heavy atom. The van der Waals surface area contributed by atoms with Crippen molar-refractivity contribution in [3.63, 3.8) is 0 Å². The molecule has 2 heterocycles. The third-order valence-corrected chi connectivity index (χ3v) is 5.07. The smallest absolute Gasteiger partial charge is 0.161 e. The number of rotatable bonds is 9. The van der Waals surface area contributed by atoms with Crippen molar-refractivity contribution >= 4 is 11.3 Å². The molecule has 5 nitrogen and oxygen atoms in total. The topological polar surface area (TPSA) is 43.0 Å². The van der Waals surface area contributed by atoms with E-state index in [0.29, 0.717) is 6.61 Å². The molecule has 0 unspecified atom stereocenters. The highest BCUT2D eigenvalue weighted by molar-refractivity contribution is 7.09. The van der Waals surface area contributed by atoms with Crippen molar-refractivity contribution < 1.29 is 14.2 Å². The summed E-state index contributed by atoms with van der Waals surface area (Å²) in [6.07, 6.45) is 0. The predicted octanol–water partition coefficient (Wildman–Crippen LogP) is 2.76. The Bertz CT molecular complexity index is 628. The van der Waals surface area contributed by atoms with Crippen LogP contribution in [0.15, 0.2) is 35.7 Å². The SMILES string of the molecule is COc1cc(CNCCN2CCOCC2)ccc1OCc1cccs1. The molecule has 1 fully saturated rings. The molecule has 0 aliphatic carbocycles. The first-order chi connectivity index (χ1) is 12.3. The fraction of sp³-hybridized carbons (Fsp3) is 0.474. The lowest BCUT2D eigenvalue weighted by Crippen LogP contribution is -2.40. The summed E-state index contributed by atoms with van der Waals surface area (Å²) in [7, 11) is 1.68. The molecule has 1 N–H and O–H groups in total. The van der Waals surface area contributed by atoms with E-state index in [2.05, 4.69) is 27.7 Å². The largest absolute Gasteiger partial charge is 0.493 e. The molecule has 2 aromatic rings. The van der Waals surface area contributed by atoms with Crippen molar-refractivity contribution in [3.05, 3.63) is 46.2 Å². The summed E-state index contributed by atoms with van der Waals surface area (Å²) in [5.74, 6) is 1.57. The summed E-state index contributed by atoms with van der Waals surface area (Å²) in [6.45, 7) is 7.20. The third kappa shape index (κ3) is 5.71. The lowest BCUT2D eigenvalue weighted by atomic mass is 10.2. The zero-order chi connectivity index (χ0) is 17.3. The molecule has 1 saturated heterocycles. The van der Waals surface area contributed by atoms with Crippen LogP contribution in [0.3, 0.4) is 0 Å². The Morgan fingerprint density at radius 1 is 1.20 bits per heavy atom. The van der Waals surface area contributed by atoms with Gasteiger partial charge in [0.2, 0.25) is 0 Å². The van der Waals surface area contributed by atoms with Gasteiger partial charge in [-0.3, -0.25) is 4.90 Å². The first-order valence-electron chi connectivity index (χ1n) is 8.68. The number of hydrogen-bond acceptors (Lipinski definition) is 6. The summed E-state index contributed by atoms with van der Waals surface area (Å²) in [5.41, 5.74) is 1.20. The lowest BCUT2D eigenvalue weighted by Gasteiger charge is -2.26. The monoisotopic (exact) mass is 362 g/mol. The second kappa shape index (κ2) is 9.77. The van der Waals surface area contributed by atoms with Crippen LogP contribution in [0.2, 0.25) is 0 Å². The van der Waals surface area contributed by atoms with Crippen molar-refractivity contribution in [3.8, 4) is 11.5 Å². The van der Waals surface area contributed by atoms with Crippen molar-refractivity contribution in [2.75, 3.05) is 46.5 Å². The maximum atomic E-state index is 5.88. The van der Waals surface area contributed by atoms with Gasteiger partial charge in [-0.05, 0) is 29.1 Å². The van der Waals surface area contributed by atoms with E-state index >= 15 is 0 Å². The van der Waals surface area contributed by atoms with Crippen LogP contribution in [-0.4, -0.2) is 51.4 Å². The van der Waals surface area contributed by atoms with E-state index in [1.54, 1.807) is 18.4 Å². The molecule has 0 bridgehead atoms. The van der Waals surface area contributed by atoms with Gasteiger partial charge >= 0.3 is 0 Å². The predicted molar refractivity (Wildman–Crippen MR) is 101 cm³/mol. The van der Waals surface area contributed by atoms with Crippen LogP contribution in [0.4, 0.5) is 0 Å². The minimum atomic E-state index is 0.575. The van der Waals surface area contributed by atoms with Crippen LogP contribution < -0.4 is 14.8 Å². The van der Waals surface area contributed by atoms with Crippen LogP contribution in [0.25, 0.3) is 0 Å². The average Bonchev–Trinajstić information content (AvgIpc) is 3.18. The van der Waals surface area contributed by atoms with Crippen LogP contribution in [0.5, 0.6) is 11.5 Å². The average molecular weight is 362 g/mol. The maximum absolute atomic E-state index is 5.88.